The summed E-state index contributed by atoms with van der Waals surface area (Å²) in [5.74, 6) is 0.866. The predicted molar refractivity (Wildman–Crippen MR) is 78.6 cm³/mol. The number of hydrogen-bond donors (Lipinski definition) is 2. The number of hydrogen-bond acceptors (Lipinski definition) is 3. The van der Waals surface area contributed by atoms with E-state index < -0.39 is 0 Å². The average molecular weight is 276 g/mol. The highest BCUT2D eigenvalue weighted by molar-refractivity contribution is 5.94. The molecule has 0 radical (unpaired) electrons. The summed E-state index contributed by atoms with van der Waals surface area (Å²) in [7, 11) is 0. The van der Waals surface area contributed by atoms with Crippen molar-refractivity contribution in [1.29, 1.82) is 0 Å². The summed E-state index contributed by atoms with van der Waals surface area (Å²) in [4.78, 5) is 16.3. The predicted octanol–water partition coefficient (Wildman–Crippen LogP) is 2.49. The van der Waals surface area contributed by atoms with Gasteiger partial charge >= 0.3 is 0 Å². The van der Waals surface area contributed by atoms with Crippen molar-refractivity contribution in [3.05, 3.63) is 29.6 Å². The number of aliphatic hydroxyl groups is 1. The molecule has 1 aromatic rings. The lowest BCUT2D eigenvalue weighted by Gasteiger charge is -2.29. The van der Waals surface area contributed by atoms with E-state index in [1.54, 1.807) is 12.4 Å². The van der Waals surface area contributed by atoms with Crippen molar-refractivity contribution in [3.63, 3.8) is 0 Å². The van der Waals surface area contributed by atoms with Gasteiger partial charge in [0, 0.05) is 12.4 Å². The fraction of sp³-hybridized carbons (Fsp3) is 0.625. The SMILES string of the molecule is CC(C)c1cncc(C(=O)NC(CO)CC2CCC2)c1. The van der Waals surface area contributed by atoms with Crippen LogP contribution in [0.2, 0.25) is 0 Å². The maximum absolute atomic E-state index is 12.2. The Kier molecular flexibility index (Phi) is 5.12. The Morgan fingerprint density at radius 3 is 2.75 bits per heavy atom. The Hall–Kier alpha value is -1.42. The van der Waals surface area contributed by atoms with E-state index in [0.717, 1.165) is 12.0 Å². The first-order valence-corrected chi connectivity index (χ1v) is 7.46. The molecule has 1 amide bonds. The number of carbonyl (C=O) groups excluding carboxylic acids is 1. The van der Waals surface area contributed by atoms with Gasteiger partial charge in [0.1, 0.15) is 0 Å². The molecule has 1 fully saturated rings. The molecule has 4 nitrogen and oxygen atoms in total. The van der Waals surface area contributed by atoms with Gasteiger partial charge in [-0.3, -0.25) is 9.78 Å². The van der Waals surface area contributed by atoms with Crippen LogP contribution in [0.15, 0.2) is 18.5 Å². The van der Waals surface area contributed by atoms with E-state index in [0.29, 0.717) is 17.4 Å². The lowest BCUT2D eigenvalue weighted by Crippen LogP contribution is -2.39. The van der Waals surface area contributed by atoms with Gasteiger partial charge in [0.2, 0.25) is 0 Å². The van der Waals surface area contributed by atoms with Crippen molar-refractivity contribution >= 4 is 5.91 Å². The summed E-state index contributed by atoms with van der Waals surface area (Å²) < 4.78 is 0. The monoisotopic (exact) mass is 276 g/mol. The maximum atomic E-state index is 12.2. The second kappa shape index (κ2) is 6.84. The molecule has 4 heteroatoms. The third kappa shape index (κ3) is 3.79. The molecule has 2 N–H and O–H groups in total. The molecule has 0 aromatic carbocycles. The van der Waals surface area contributed by atoms with Gasteiger partial charge in [0.05, 0.1) is 18.2 Å². The number of nitrogens with one attached hydrogen (secondary N) is 1. The average Bonchev–Trinajstić information content (AvgIpc) is 2.41. The second-order valence-electron chi connectivity index (χ2n) is 6.05. The number of aliphatic hydroxyl groups excluding tert-OH is 1. The molecule has 110 valence electrons. The van der Waals surface area contributed by atoms with E-state index in [2.05, 4.69) is 24.1 Å². The van der Waals surface area contributed by atoms with Crippen LogP contribution in [0.25, 0.3) is 0 Å². The van der Waals surface area contributed by atoms with Crippen LogP contribution in [0, 0.1) is 5.92 Å². The van der Waals surface area contributed by atoms with Crippen LogP contribution in [0.4, 0.5) is 0 Å². The van der Waals surface area contributed by atoms with Gasteiger partial charge in [-0.2, -0.15) is 0 Å². The lowest BCUT2D eigenvalue weighted by atomic mass is 9.81. The van der Waals surface area contributed by atoms with Gasteiger partial charge in [-0.1, -0.05) is 33.1 Å². The summed E-state index contributed by atoms with van der Waals surface area (Å²) in [6.45, 7) is 4.15. The number of amides is 1. The normalized spacial score (nSPS) is 16.8. The zero-order valence-corrected chi connectivity index (χ0v) is 12.3. The minimum absolute atomic E-state index is 0.000457. The van der Waals surface area contributed by atoms with Crippen LogP contribution < -0.4 is 5.32 Å². The third-order valence-electron chi connectivity index (χ3n) is 4.09. The highest BCUT2D eigenvalue weighted by Crippen LogP contribution is 2.30. The van der Waals surface area contributed by atoms with Gasteiger partial charge in [0.15, 0.2) is 0 Å². The molecule has 1 heterocycles. The second-order valence-corrected chi connectivity index (χ2v) is 6.05. The fourth-order valence-corrected chi connectivity index (χ4v) is 2.48. The van der Waals surface area contributed by atoms with Crippen LogP contribution in [-0.4, -0.2) is 28.6 Å². The van der Waals surface area contributed by atoms with Crippen molar-refractivity contribution in [2.24, 2.45) is 5.92 Å². The largest absolute Gasteiger partial charge is 0.394 e. The van der Waals surface area contributed by atoms with Crippen LogP contribution in [0.3, 0.4) is 0 Å². The zero-order valence-electron chi connectivity index (χ0n) is 12.3. The number of pyridine rings is 1. The standard InChI is InChI=1S/C16H24N2O2/c1-11(2)13-7-14(9-17-8-13)16(20)18-15(10-19)6-12-4-3-5-12/h7-9,11-12,15,19H,3-6,10H2,1-2H3,(H,18,20). The summed E-state index contributed by atoms with van der Waals surface area (Å²) in [6, 6.07) is 1.74. The van der Waals surface area contributed by atoms with Crippen molar-refractivity contribution in [3.8, 4) is 0 Å². The number of carbonyl (C=O) groups is 1. The zero-order chi connectivity index (χ0) is 14.5. The molecule has 1 aromatic heterocycles. The Morgan fingerprint density at radius 2 is 2.20 bits per heavy atom. The number of rotatable bonds is 6. The molecule has 0 saturated heterocycles. The van der Waals surface area contributed by atoms with Crippen LogP contribution in [0.5, 0.6) is 0 Å². The van der Waals surface area contributed by atoms with Gasteiger partial charge in [-0.15, -0.1) is 0 Å². The molecule has 1 saturated carbocycles. The Morgan fingerprint density at radius 1 is 1.45 bits per heavy atom. The first kappa shape index (κ1) is 15.0. The summed E-state index contributed by atoms with van der Waals surface area (Å²) >= 11 is 0. The van der Waals surface area contributed by atoms with Crippen molar-refractivity contribution < 1.29 is 9.90 Å². The Bertz CT molecular complexity index is 456. The van der Waals surface area contributed by atoms with Crippen LogP contribution in [0.1, 0.15) is 61.4 Å². The van der Waals surface area contributed by atoms with E-state index in [1.165, 1.54) is 19.3 Å². The maximum Gasteiger partial charge on any atom is 0.253 e. The quantitative estimate of drug-likeness (QED) is 0.839. The van der Waals surface area contributed by atoms with Crippen molar-refractivity contribution in [1.82, 2.24) is 10.3 Å². The Balaban J connectivity index is 1.96. The Labute approximate surface area is 120 Å². The number of aromatic nitrogens is 1. The highest BCUT2D eigenvalue weighted by atomic mass is 16.3. The van der Waals surface area contributed by atoms with Crippen molar-refractivity contribution in [2.75, 3.05) is 6.61 Å². The molecule has 0 spiro atoms. The molecule has 1 aliphatic rings. The summed E-state index contributed by atoms with van der Waals surface area (Å²) in [6.07, 6.45) is 7.96. The molecular formula is C16H24N2O2. The molecular weight excluding hydrogens is 252 g/mol. The molecule has 1 aliphatic carbocycles. The molecule has 0 aliphatic heterocycles. The van der Waals surface area contributed by atoms with Gasteiger partial charge in [-0.25, -0.2) is 0 Å². The van der Waals surface area contributed by atoms with E-state index in [9.17, 15) is 9.90 Å². The minimum Gasteiger partial charge on any atom is -0.394 e. The molecule has 1 unspecified atom stereocenters. The smallest absolute Gasteiger partial charge is 0.253 e. The topological polar surface area (TPSA) is 62.2 Å². The lowest BCUT2D eigenvalue weighted by molar-refractivity contribution is 0.0895. The van der Waals surface area contributed by atoms with Gasteiger partial charge < -0.3 is 10.4 Å². The first-order chi connectivity index (χ1) is 9.60. The van der Waals surface area contributed by atoms with Crippen molar-refractivity contribution in [2.45, 2.75) is 51.5 Å². The highest BCUT2D eigenvalue weighted by Gasteiger charge is 2.23. The van der Waals surface area contributed by atoms with Crippen LogP contribution in [-0.2, 0) is 0 Å². The van der Waals surface area contributed by atoms with E-state index in [4.69, 9.17) is 0 Å². The van der Waals surface area contributed by atoms with Gasteiger partial charge in [0.25, 0.3) is 5.91 Å². The first-order valence-electron chi connectivity index (χ1n) is 7.46. The van der Waals surface area contributed by atoms with Crippen LogP contribution >= 0.6 is 0 Å². The third-order valence-corrected chi connectivity index (χ3v) is 4.09. The van der Waals surface area contributed by atoms with E-state index >= 15 is 0 Å². The molecule has 1 atom stereocenters. The van der Waals surface area contributed by atoms with Gasteiger partial charge in [-0.05, 0) is 29.9 Å². The van der Waals surface area contributed by atoms with E-state index in [1.807, 2.05) is 6.07 Å². The minimum atomic E-state index is -0.143. The van der Waals surface area contributed by atoms with E-state index in [-0.39, 0.29) is 18.6 Å². The number of nitrogens with zero attached hydrogens (tertiary/aromatic N) is 1. The summed E-state index contributed by atoms with van der Waals surface area (Å²) in [5.41, 5.74) is 1.63. The fourth-order valence-electron chi connectivity index (χ4n) is 2.48. The molecule has 0 bridgehead atoms. The summed E-state index contributed by atoms with van der Waals surface area (Å²) in [5, 5.41) is 12.3. The molecule has 2 rings (SSSR count). The molecule has 20 heavy (non-hydrogen) atoms.